The number of benzene rings is 1. The fourth-order valence-electron chi connectivity index (χ4n) is 1.89. The molecule has 0 N–H and O–H groups in total. The maximum atomic E-state index is 11.1. The zero-order valence-electron chi connectivity index (χ0n) is 12.1. The minimum Gasteiger partial charge on any atom is -0.424 e. The number of nitrogens with zero attached hydrogens (tertiary/aromatic N) is 2. The van der Waals surface area contributed by atoms with Crippen molar-refractivity contribution in [2.45, 2.75) is 13.8 Å². The number of para-hydroxylation sites is 1. The first kappa shape index (κ1) is 15.4. The van der Waals surface area contributed by atoms with E-state index in [0.29, 0.717) is 17.0 Å². The van der Waals surface area contributed by atoms with Crippen LogP contribution in [0.25, 0.3) is 12.2 Å². The second-order valence-electron chi connectivity index (χ2n) is 4.58. The molecule has 0 atom stereocenters. The molecule has 0 unspecified atom stereocenters. The molecule has 2 aromatic rings. The summed E-state index contributed by atoms with van der Waals surface area (Å²) in [5, 5.41) is 11.0. The lowest BCUT2D eigenvalue weighted by Crippen LogP contribution is -2.04. The highest BCUT2D eigenvalue weighted by Gasteiger charge is 2.10. The van der Waals surface area contributed by atoms with Gasteiger partial charge in [0.05, 0.1) is 10.5 Å². The van der Waals surface area contributed by atoms with Crippen molar-refractivity contribution in [3.63, 3.8) is 0 Å². The first-order valence-corrected chi connectivity index (χ1v) is 6.55. The molecule has 112 valence electrons. The fraction of sp³-hybridized carbons (Fsp3) is 0.125. The van der Waals surface area contributed by atoms with Gasteiger partial charge in [-0.1, -0.05) is 12.1 Å². The molecule has 0 saturated carbocycles. The summed E-state index contributed by atoms with van der Waals surface area (Å²) in [5.41, 5.74) is 1.64. The van der Waals surface area contributed by atoms with E-state index in [1.807, 2.05) is 0 Å². The SMILES string of the molecule is CC(=O)Oc1ccc(C)nc1/C=C/c1ccccc1[N+](=O)[O-]. The Labute approximate surface area is 127 Å². The van der Waals surface area contributed by atoms with Gasteiger partial charge in [0.1, 0.15) is 5.69 Å². The zero-order valence-corrected chi connectivity index (χ0v) is 12.1. The van der Waals surface area contributed by atoms with Crippen molar-refractivity contribution < 1.29 is 14.5 Å². The van der Waals surface area contributed by atoms with Gasteiger partial charge in [-0.3, -0.25) is 14.9 Å². The summed E-state index contributed by atoms with van der Waals surface area (Å²) in [7, 11) is 0. The first-order valence-electron chi connectivity index (χ1n) is 6.55. The Balaban J connectivity index is 2.40. The Kier molecular flexibility index (Phi) is 4.63. The number of pyridine rings is 1. The van der Waals surface area contributed by atoms with Gasteiger partial charge in [0.2, 0.25) is 0 Å². The summed E-state index contributed by atoms with van der Waals surface area (Å²) in [6.07, 6.45) is 3.17. The van der Waals surface area contributed by atoms with Gasteiger partial charge >= 0.3 is 5.97 Å². The number of aromatic nitrogens is 1. The highest BCUT2D eigenvalue weighted by Crippen LogP contribution is 2.23. The van der Waals surface area contributed by atoms with Crippen LogP contribution in [0.3, 0.4) is 0 Å². The van der Waals surface area contributed by atoms with Crippen LogP contribution < -0.4 is 4.74 Å². The zero-order chi connectivity index (χ0) is 16.1. The summed E-state index contributed by atoms with van der Waals surface area (Å²) < 4.78 is 5.08. The van der Waals surface area contributed by atoms with Crippen LogP contribution in [0, 0.1) is 17.0 Å². The molecule has 0 fully saturated rings. The van der Waals surface area contributed by atoms with Crippen molar-refractivity contribution >= 4 is 23.8 Å². The minimum absolute atomic E-state index is 0.000407. The third-order valence-electron chi connectivity index (χ3n) is 2.83. The Bertz CT molecular complexity index is 754. The molecule has 0 aliphatic carbocycles. The molecular weight excluding hydrogens is 284 g/mol. The van der Waals surface area contributed by atoms with E-state index in [1.165, 1.54) is 13.0 Å². The van der Waals surface area contributed by atoms with Crippen molar-refractivity contribution in [2.24, 2.45) is 0 Å². The Morgan fingerprint density at radius 1 is 1.23 bits per heavy atom. The largest absolute Gasteiger partial charge is 0.424 e. The molecule has 0 spiro atoms. The van der Waals surface area contributed by atoms with Crippen molar-refractivity contribution in [2.75, 3.05) is 0 Å². The van der Waals surface area contributed by atoms with E-state index in [9.17, 15) is 14.9 Å². The predicted molar refractivity (Wildman–Crippen MR) is 82.3 cm³/mol. The van der Waals surface area contributed by atoms with Gasteiger partial charge in [-0.05, 0) is 37.3 Å². The van der Waals surface area contributed by atoms with E-state index in [-0.39, 0.29) is 5.69 Å². The van der Waals surface area contributed by atoms with Gasteiger partial charge < -0.3 is 4.74 Å². The maximum absolute atomic E-state index is 11.1. The molecule has 1 heterocycles. The number of nitro groups is 1. The van der Waals surface area contributed by atoms with Gasteiger partial charge in [0.15, 0.2) is 5.75 Å². The lowest BCUT2D eigenvalue weighted by Gasteiger charge is -2.05. The summed E-state index contributed by atoms with van der Waals surface area (Å²) >= 11 is 0. The van der Waals surface area contributed by atoms with Crippen LogP contribution in [0.5, 0.6) is 5.75 Å². The van der Waals surface area contributed by atoms with Gasteiger partial charge in [-0.2, -0.15) is 0 Å². The van der Waals surface area contributed by atoms with Crippen LogP contribution in [0.2, 0.25) is 0 Å². The van der Waals surface area contributed by atoms with Gasteiger partial charge in [-0.15, -0.1) is 0 Å². The number of rotatable bonds is 4. The molecule has 0 amide bonds. The van der Waals surface area contributed by atoms with E-state index in [1.54, 1.807) is 49.4 Å². The van der Waals surface area contributed by atoms with E-state index in [2.05, 4.69) is 4.98 Å². The smallest absolute Gasteiger partial charge is 0.308 e. The molecule has 0 saturated heterocycles. The van der Waals surface area contributed by atoms with Crippen molar-refractivity contribution in [1.29, 1.82) is 0 Å². The normalized spacial score (nSPS) is 10.6. The molecule has 0 aliphatic rings. The molecule has 0 aliphatic heterocycles. The molecule has 1 aromatic heterocycles. The molecule has 22 heavy (non-hydrogen) atoms. The summed E-state index contributed by atoms with van der Waals surface area (Å²) in [6.45, 7) is 3.11. The number of aryl methyl sites for hydroxylation is 1. The van der Waals surface area contributed by atoms with Crippen molar-refractivity contribution in [1.82, 2.24) is 4.98 Å². The van der Waals surface area contributed by atoms with Gasteiger partial charge in [0, 0.05) is 18.7 Å². The maximum Gasteiger partial charge on any atom is 0.308 e. The molecule has 6 nitrogen and oxygen atoms in total. The molecular formula is C16H14N2O4. The molecule has 1 aromatic carbocycles. The minimum atomic E-state index is -0.453. The summed E-state index contributed by atoms with van der Waals surface area (Å²) in [6, 6.07) is 9.74. The van der Waals surface area contributed by atoms with Crippen LogP contribution >= 0.6 is 0 Å². The first-order chi connectivity index (χ1) is 10.5. The van der Waals surface area contributed by atoms with E-state index in [0.717, 1.165) is 5.69 Å². The molecule has 0 radical (unpaired) electrons. The Morgan fingerprint density at radius 2 is 1.95 bits per heavy atom. The van der Waals surface area contributed by atoms with Crippen molar-refractivity contribution in [3.8, 4) is 5.75 Å². The average molecular weight is 298 g/mol. The van der Waals surface area contributed by atoms with Gasteiger partial charge in [0.25, 0.3) is 5.69 Å². The highest BCUT2D eigenvalue weighted by molar-refractivity contribution is 5.77. The standard InChI is InChI=1S/C16H14N2O4/c1-11-7-10-16(22-12(2)19)14(17-11)9-8-13-5-3-4-6-15(13)18(20)21/h3-10H,1-2H3/b9-8+. The summed E-state index contributed by atoms with van der Waals surface area (Å²) in [5.74, 6) is -0.140. The lowest BCUT2D eigenvalue weighted by molar-refractivity contribution is -0.385. The molecule has 0 bridgehead atoms. The Hall–Kier alpha value is -3.02. The van der Waals surface area contributed by atoms with Crippen LogP contribution in [0.1, 0.15) is 23.9 Å². The summed E-state index contributed by atoms with van der Waals surface area (Å²) in [4.78, 5) is 25.9. The molecule has 6 heteroatoms. The van der Waals surface area contributed by atoms with Gasteiger partial charge in [-0.25, -0.2) is 4.98 Å². The molecule has 2 rings (SSSR count). The Morgan fingerprint density at radius 3 is 2.64 bits per heavy atom. The third-order valence-corrected chi connectivity index (χ3v) is 2.83. The van der Waals surface area contributed by atoms with E-state index < -0.39 is 10.9 Å². The number of ether oxygens (including phenoxy) is 1. The number of carbonyl (C=O) groups excluding carboxylic acids is 1. The number of nitro benzene ring substituents is 1. The number of carbonyl (C=O) groups is 1. The van der Waals surface area contributed by atoms with Crippen LogP contribution in [-0.4, -0.2) is 15.9 Å². The van der Waals surface area contributed by atoms with Crippen molar-refractivity contribution in [3.05, 3.63) is 63.5 Å². The van der Waals surface area contributed by atoms with Crippen LogP contribution in [0.15, 0.2) is 36.4 Å². The topological polar surface area (TPSA) is 82.3 Å². The quantitative estimate of drug-likeness (QED) is 0.491. The third kappa shape index (κ3) is 3.76. The number of esters is 1. The predicted octanol–water partition coefficient (Wildman–Crippen LogP) is 3.39. The van der Waals surface area contributed by atoms with Crippen LogP contribution in [0.4, 0.5) is 5.69 Å². The average Bonchev–Trinajstić information content (AvgIpc) is 2.47. The number of hydrogen-bond acceptors (Lipinski definition) is 5. The second-order valence-corrected chi connectivity index (χ2v) is 4.58. The monoisotopic (exact) mass is 298 g/mol. The van der Waals surface area contributed by atoms with E-state index in [4.69, 9.17) is 4.74 Å². The number of hydrogen-bond donors (Lipinski definition) is 0. The highest BCUT2D eigenvalue weighted by atomic mass is 16.6. The lowest BCUT2D eigenvalue weighted by atomic mass is 10.1. The van der Waals surface area contributed by atoms with E-state index >= 15 is 0 Å². The van der Waals surface area contributed by atoms with Crippen LogP contribution in [-0.2, 0) is 4.79 Å². The fourth-order valence-corrected chi connectivity index (χ4v) is 1.89. The second kappa shape index (κ2) is 6.62.